The monoisotopic (exact) mass is 361 g/mol. The Morgan fingerprint density at radius 3 is 2.70 bits per heavy atom. The molecule has 0 atom stereocenters. The van der Waals surface area contributed by atoms with Crippen LogP contribution in [0.15, 0.2) is 18.2 Å². The van der Waals surface area contributed by atoms with E-state index in [-0.39, 0.29) is 16.5 Å². The van der Waals surface area contributed by atoms with Crippen molar-refractivity contribution in [3.05, 3.63) is 34.6 Å². The summed E-state index contributed by atoms with van der Waals surface area (Å²) in [4.78, 5) is 12.3. The third-order valence-corrected chi connectivity index (χ3v) is 5.41. The number of rotatable bonds is 3. The van der Waals surface area contributed by atoms with Crippen molar-refractivity contribution in [3.8, 4) is 0 Å². The van der Waals surface area contributed by atoms with Gasteiger partial charge in [-0.05, 0) is 49.8 Å². The van der Waals surface area contributed by atoms with Crippen LogP contribution in [0.3, 0.4) is 0 Å². The van der Waals surface area contributed by atoms with Gasteiger partial charge in [-0.3, -0.25) is 4.79 Å². The quantitative estimate of drug-likeness (QED) is 0.785. The SMILES string of the molecule is CC1CCC(CBr)(NC(=O)c2ccc(F)c(Cl)c2)CC1. The van der Waals surface area contributed by atoms with E-state index in [1.807, 2.05) is 0 Å². The van der Waals surface area contributed by atoms with Crippen LogP contribution >= 0.6 is 27.5 Å². The highest BCUT2D eigenvalue weighted by molar-refractivity contribution is 9.09. The average Bonchev–Trinajstić information content (AvgIpc) is 2.44. The molecule has 0 spiro atoms. The van der Waals surface area contributed by atoms with E-state index in [2.05, 4.69) is 28.2 Å². The average molecular weight is 363 g/mol. The minimum atomic E-state index is -0.509. The van der Waals surface area contributed by atoms with Crippen molar-refractivity contribution >= 4 is 33.4 Å². The van der Waals surface area contributed by atoms with Gasteiger partial charge in [0.2, 0.25) is 0 Å². The maximum Gasteiger partial charge on any atom is 0.251 e. The molecule has 1 aliphatic rings. The van der Waals surface area contributed by atoms with Crippen LogP contribution in [0.5, 0.6) is 0 Å². The molecule has 1 fully saturated rings. The Kier molecular flexibility index (Phi) is 5.08. The van der Waals surface area contributed by atoms with Gasteiger partial charge in [-0.1, -0.05) is 34.5 Å². The molecule has 1 amide bonds. The molecule has 0 heterocycles. The van der Waals surface area contributed by atoms with Gasteiger partial charge in [-0.15, -0.1) is 0 Å². The van der Waals surface area contributed by atoms with Gasteiger partial charge >= 0.3 is 0 Å². The number of benzene rings is 1. The molecule has 1 aromatic carbocycles. The molecule has 1 aromatic rings. The Morgan fingerprint density at radius 1 is 1.50 bits per heavy atom. The first-order valence-corrected chi connectivity index (χ1v) is 8.29. The predicted molar refractivity (Wildman–Crippen MR) is 83.0 cm³/mol. The number of hydrogen-bond donors (Lipinski definition) is 1. The smallest absolute Gasteiger partial charge is 0.251 e. The first kappa shape index (κ1) is 15.8. The molecule has 0 unspecified atom stereocenters. The third kappa shape index (κ3) is 3.53. The number of carbonyl (C=O) groups excluding carboxylic acids is 1. The Bertz CT molecular complexity index is 501. The maximum absolute atomic E-state index is 13.1. The van der Waals surface area contributed by atoms with Gasteiger partial charge in [0.1, 0.15) is 5.82 Å². The number of halogens is 3. The number of nitrogens with one attached hydrogen (secondary N) is 1. The molecule has 1 aliphatic carbocycles. The molecule has 110 valence electrons. The molecular formula is C15H18BrClFNO. The summed E-state index contributed by atoms with van der Waals surface area (Å²) in [6, 6.07) is 4.06. The van der Waals surface area contributed by atoms with Crippen LogP contribution in [0, 0.1) is 11.7 Å². The second-order valence-corrected chi connectivity index (χ2v) is 6.65. The summed E-state index contributed by atoms with van der Waals surface area (Å²) in [5, 5.41) is 3.80. The molecule has 1 N–H and O–H groups in total. The van der Waals surface area contributed by atoms with Crippen molar-refractivity contribution in [1.82, 2.24) is 5.32 Å². The van der Waals surface area contributed by atoms with Gasteiger partial charge in [-0.2, -0.15) is 0 Å². The first-order valence-electron chi connectivity index (χ1n) is 6.79. The number of amides is 1. The van der Waals surface area contributed by atoms with Crippen LogP contribution in [-0.4, -0.2) is 16.8 Å². The summed E-state index contributed by atoms with van der Waals surface area (Å²) in [5.41, 5.74) is 0.195. The van der Waals surface area contributed by atoms with Gasteiger partial charge < -0.3 is 5.32 Å². The Balaban J connectivity index is 2.11. The van der Waals surface area contributed by atoms with Gasteiger partial charge in [0.15, 0.2) is 0 Å². The minimum Gasteiger partial charge on any atom is -0.346 e. The van der Waals surface area contributed by atoms with Crippen molar-refractivity contribution in [3.63, 3.8) is 0 Å². The van der Waals surface area contributed by atoms with E-state index in [0.29, 0.717) is 11.5 Å². The highest BCUT2D eigenvalue weighted by Gasteiger charge is 2.34. The molecule has 0 bridgehead atoms. The van der Waals surface area contributed by atoms with Crippen molar-refractivity contribution in [2.75, 3.05) is 5.33 Å². The van der Waals surface area contributed by atoms with E-state index >= 15 is 0 Å². The molecule has 0 radical (unpaired) electrons. The van der Waals surface area contributed by atoms with Crippen molar-refractivity contribution in [2.24, 2.45) is 5.92 Å². The van der Waals surface area contributed by atoms with Crippen LogP contribution in [0.1, 0.15) is 43.0 Å². The topological polar surface area (TPSA) is 29.1 Å². The lowest BCUT2D eigenvalue weighted by atomic mass is 9.78. The summed E-state index contributed by atoms with van der Waals surface area (Å²) in [5.74, 6) is 0.00478. The fourth-order valence-corrected chi connectivity index (χ4v) is 3.44. The van der Waals surface area contributed by atoms with E-state index in [9.17, 15) is 9.18 Å². The van der Waals surface area contributed by atoms with E-state index < -0.39 is 5.82 Å². The van der Waals surface area contributed by atoms with Gasteiger partial charge in [0.05, 0.1) is 10.6 Å². The fourth-order valence-electron chi connectivity index (χ4n) is 2.56. The Labute approximate surface area is 132 Å². The zero-order valence-corrected chi connectivity index (χ0v) is 13.7. The summed E-state index contributed by atoms with van der Waals surface area (Å²) in [6.07, 6.45) is 4.13. The zero-order chi connectivity index (χ0) is 14.8. The lowest BCUT2D eigenvalue weighted by molar-refractivity contribution is 0.0874. The lowest BCUT2D eigenvalue weighted by Crippen LogP contribution is -2.52. The molecule has 0 aliphatic heterocycles. The minimum absolute atomic E-state index is 0.0252. The van der Waals surface area contributed by atoms with Gasteiger partial charge in [0, 0.05) is 10.9 Å². The second-order valence-electron chi connectivity index (χ2n) is 5.68. The van der Waals surface area contributed by atoms with Crippen LogP contribution in [-0.2, 0) is 0 Å². The summed E-state index contributed by atoms with van der Waals surface area (Å²) >= 11 is 9.24. The van der Waals surface area contributed by atoms with E-state index in [1.165, 1.54) is 18.2 Å². The van der Waals surface area contributed by atoms with Gasteiger partial charge in [-0.25, -0.2) is 4.39 Å². The van der Waals surface area contributed by atoms with E-state index in [1.54, 1.807) is 0 Å². The standard InChI is InChI=1S/C15H18BrClFNO/c1-10-4-6-15(9-16,7-5-10)19-14(20)11-2-3-13(18)12(17)8-11/h2-3,8,10H,4-7,9H2,1H3,(H,19,20). The first-order chi connectivity index (χ1) is 9.46. The second kappa shape index (κ2) is 6.44. The summed E-state index contributed by atoms with van der Waals surface area (Å²) < 4.78 is 13.1. The molecule has 1 saturated carbocycles. The third-order valence-electron chi connectivity index (χ3n) is 4.05. The van der Waals surface area contributed by atoms with Crippen molar-refractivity contribution in [2.45, 2.75) is 38.1 Å². The summed E-state index contributed by atoms with van der Waals surface area (Å²) in [7, 11) is 0. The van der Waals surface area contributed by atoms with Crippen LogP contribution in [0.25, 0.3) is 0 Å². The molecule has 0 aromatic heterocycles. The maximum atomic E-state index is 13.1. The van der Waals surface area contributed by atoms with Crippen LogP contribution in [0.2, 0.25) is 5.02 Å². The highest BCUT2D eigenvalue weighted by Crippen LogP contribution is 2.33. The molecule has 0 saturated heterocycles. The Hall–Kier alpha value is -0.610. The largest absolute Gasteiger partial charge is 0.346 e. The van der Waals surface area contributed by atoms with E-state index in [4.69, 9.17) is 11.6 Å². The number of alkyl halides is 1. The van der Waals surface area contributed by atoms with E-state index in [0.717, 1.165) is 31.0 Å². The Morgan fingerprint density at radius 2 is 2.15 bits per heavy atom. The van der Waals surface area contributed by atoms with Gasteiger partial charge in [0.25, 0.3) is 5.91 Å². The molecule has 2 rings (SSSR count). The van der Waals surface area contributed by atoms with Crippen LogP contribution in [0.4, 0.5) is 4.39 Å². The van der Waals surface area contributed by atoms with Crippen molar-refractivity contribution in [1.29, 1.82) is 0 Å². The zero-order valence-electron chi connectivity index (χ0n) is 11.4. The fraction of sp³-hybridized carbons (Fsp3) is 0.533. The number of carbonyl (C=O) groups is 1. The molecule has 20 heavy (non-hydrogen) atoms. The van der Waals surface area contributed by atoms with Crippen molar-refractivity contribution < 1.29 is 9.18 Å². The molecule has 2 nitrogen and oxygen atoms in total. The predicted octanol–water partition coefficient (Wildman–Crippen LogP) is 4.55. The lowest BCUT2D eigenvalue weighted by Gasteiger charge is -2.39. The molecular weight excluding hydrogens is 345 g/mol. The highest BCUT2D eigenvalue weighted by atomic mass is 79.9. The van der Waals surface area contributed by atoms with Crippen LogP contribution < -0.4 is 5.32 Å². The molecule has 5 heteroatoms. The summed E-state index contributed by atoms with van der Waals surface area (Å²) in [6.45, 7) is 2.24. The number of hydrogen-bond acceptors (Lipinski definition) is 1. The normalized spacial score (nSPS) is 26.3.